The van der Waals surface area contributed by atoms with Crippen LogP contribution in [0, 0.1) is 23.7 Å². The summed E-state index contributed by atoms with van der Waals surface area (Å²) in [6.07, 6.45) is 5.89. The molecule has 0 saturated carbocycles. The van der Waals surface area contributed by atoms with E-state index in [1.807, 2.05) is 24.0 Å². The molecule has 3 saturated heterocycles. The van der Waals surface area contributed by atoms with Crippen LogP contribution in [0.3, 0.4) is 0 Å². The van der Waals surface area contributed by atoms with Crippen molar-refractivity contribution >= 4 is 28.6 Å². The van der Waals surface area contributed by atoms with Gasteiger partial charge >= 0.3 is 0 Å². The molecule has 1 aromatic carbocycles. The highest BCUT2D eigenvalue weighted by atomic mass is 16.3. The number of hydrogen-bond acceptors (Lipinski definition) is 8. The number of aromatic amines is 1. The van der Waals surface area contributed by atoms with Crippen molar-refractivity contribution in [1.29, 1.82) is 5.26 Å². The number of carbonyl (C=O) groups is 1. The van der Waals surface area contributed by atoms with Crippen molar-refractivity contribution in [3.05, 3.63) is 42.1 Å². The maximum atomic E-state index is 12.1. The van der Waals surface area contributed by atoms with Crippen molar-refractivity contribution in [3.8, 4) is 17.3 Å². The molecule has 3 fully saturated rings. The number of fused-ring (bicyclic) bond motifs is 1. The van der Waals surface area contributed by atoms with Crippen LogP contribution in [0.15, 0.2) is 31.0 Å². The van der Waals surface area contributed by atoms with E-state index in [0.717, 1.165) is 60.9 Å². The molecule has 2 N–H and O–H groups in total. The Kier molecular flexibility index (Phi) is 5.60. The number of H-pyrrole nitrogens is 1. The predicted molar refractivity (Wildman–Crippen MR) is 140 cm³/mol. The van der Waals surface area contributed by atoms with Crippen molar-refractivity contribution < 1.29 is 9.90 Å². The molecular formula is C27H30N8O2. The SMILES string of the molecule is C=CC(=O)N1CC2(CCN(c3nc(N4CCCC4CO)nc(-c4c(C)ccc5[nH]ncc45)c3C#N)C2)C1. The van der Waals surface area contributed by atoms with Gasteiger partial charge in [0, 0.05) is 49.1 Å². The van der Waals surface area contributed by atoms with Crippen LogP contribution >= 0.6 is 0 Å². The number of aliphatic hydroxyl groups is 1. The first-order chi connectivity index (χ1) is 18.0. The van der Waals surface area contributed by atoms with Gasteiger partial charge in [0.1, 0.15) is 11.6 Å². The van der Waals surface area contributed by atoms with Gasteiger partial charge in [0.25, 0.3) is 0 Å². The number of likely N-dealkylation sites (tertiary alicyclic amines) is 1. The molecule has 0 bridgehead atoms. The number of aromatic nitrogens is 4. The minimum atomic E-state index is -0.0468. The van der Waals surface area contributed by atoms with Gasteiger partial charge in [0.15, 0.2) is 5.82 Å². The zero-order valence-corrected chi connectivity index (χ0v) is 20.9. The van der Waals surface area contributed by atoms with E-state index in [1.54, 1.807) is 6.20 Å². The van der Waals surface area contributed by atoms with Gasteiger partial charge in [-0.05, 0) is 43.9 Å². The van der Waals surface area contributed by atoms with E-state index < -0.39 is 0 Å². The van der Waals surface area contributed by atoms with Gasteiger partial charge in [-0.1, -0.05) is 12.6 Å². The average Bonchev–Trinajstić information content (AvgIpc) is 3.65. The number of nitrogens with one attached hydrogen (secondary N) is 1. The predicted octanol–water partition coefficient (Wildman–Crippen LogP) is 2.39. The zero-order chi connectivity index (χ0) is 25.7. The lowest BCUT2D eigenvalue weighted by Gasteiger charge is -2.47. The fraction of sp³-hybridized carbons (Fsp3) is 0.444. The van der Waals surface area contributed by atoms with Gasteiger partial charge in [0.2, 0.25) is 11.9 Å². The van der Waals surface area contributed by atoms with Crippen LogP contribution in [0.2, 0.25) is 0 Å². The van der Waals surface area contributed by atoms with Crippen molar-refractivity contribution in [2.45, 2.75) is 32.2 Å². The lowest BCUT2D eigenvalue weighted by atomic mass is 9.79. The Morgan fingerprint density at radius 3 is 2.92 bits per heavy atom. The van der Waals surface area contributed by atoms with Crippen LogP contribution in [-0.4, -0.2) is 81.5 Å². The highest BCUT2D eigenvalue weighted by Crippen LogP contribution is 2.44. The van der Waals surface area contributed by atoms with Gasteiger partial charge in [-0.2, -0.15) is 15.3 Å². The molecule has 0 radical (unpaired) electrons. The molecule has 6 rings (SSSR count). The number of carbonyl (C=O) groups excluding carboxylic acids is 1. The standard InChI is InChI=1S/C27H30N8O2/c1-3-22(37)34-15-27(16-34)8-10-33(14-27)25-19(11-28)24(23-17(2)6-7-21-20(23)12-29-32-21)30-26(31-25)35-9-4-5-18(35)13-36/h3,6-7,12,18,36H,1,4-5,8-10,13-16H2,2H3,(H,29,32). The van der Waals surface area contributed by atoms with Crippen LogP contribution in [0.25, 0.3) is 22.2 Å². The van der Waals surface area contributed by atoms with Crippen molar-refractivity contribution in [2.24, 2.45) is 5.41 Å². The molecule has 1 unspecified atom stereocenters. The van der Waals surface area contributed by atoms with Crippen LogP contribution < -0.4 is 9.80 Å². The first-order valence-corrected chi connectivity index (χ1v) is 12.8. The summed E-state index contributed by atoms with van der Waals surface area (Å²) in [5.74, 6) is 1.12. The number of anilines is 2. The van der Waals surface area contributed by atoms with E-state index in [1.165, 1.54) is 6.08 Å². The third-order valence-electron chi connectivity index (χ3n) is 8.18. The fourth-order valence-corrected chi connectivity index (χ4v) is 6.23. The molecule has 1 spiro atoms. The molecule has 1 amide bonds. The quantitative estimate of drug-likeness (QED) is 0.514. The number of nitrogens with zero attached hydrogens (tertiary/aromatic N) is 7. The Balaban J connectivity index is 1.47. The summed E-state index contributed by atoms with van der Waals surface area (Å²) in [7, 11) is 0. The highest BCUT2D eigenvalue weighted by molar-refractivity contribution is 5.97. The number of benzene rings is 1. The molecule has 0 aliphatic carbocycles. The molecule has 3 aliphatic heterocycles. The van der Waals surface area contributed by atoms with Gasteiger partial charge < -0.3 is 19.8 Å². The topological polar surface area (TPSA) is 125 Å². The molecular weight excluding hydrogens is 468 g/mol. The van der Waals surface area contributed by atoms with Crippen LogP contribution in [-0.2, 0) is 4.79 Å². The van der Waals surface area contributed by atoms with Crippen LogP contribution in [0.4, 0.5) is 11.8 Å². The van der Waals surface area contributed by atoms with Crippen molar-refractivity contribution in [2.75, 3.05) is 49.1 Å². The Bertz CT molecular complexity index is 1430. The monoisotopic (exact) mass is 498 g/mol. The minimum absolute atomic E-state index is 0.00155. The summed E-state index contributed by atoms with van der Waals surface area (Å²) in [6, 6.07) is 6.37. The molecule has 37 heavy (non-hydrogen) atoms. The minimum Gasteiger partial charge on any atom is -0.394 e. The Labute approximate surface area is 215 Å². The average molecular weight is 499 g/mol. The Morgan fingerprint density at radius 2 is 2.16 bits per heavy atom. The zero-order valence-electron chi connectivity index (χ0n) is 20.9. The van der Waals surface area contributed by atoms with Gasteiger partial charge in [-0.3, -0.25) is 9.89 Å². The summed E-state index contributed by atoms with van der Waals surface area (Å²) in [4.78, 5) is 28.1. The summed E-state index contributed by atoms with van der Waals surface area (Å²) >= 11 is 0. The number of aryl methyl sites for hydroxylation is 1. The van der Waals surface area contributed by atoms with Gasteiger partial charge in [-0.15, -0.1) is 0 Å². The fourth-order valence-electron chi connectivity index (χ4n) is 6.23. The molecule has 10 heteroatoms. The Morgan fingerprint density at radius 1 is 1.32 bits per heavy atom. The van der Waals surface area contributed by atoms with Gasteiger partial charge in [-0.25, -0.2) is 4.98 Å². The van der Waals surface area contributed by atoms with Crippen molar-refractivity contribution in [1.82, 2.24) is 25.1 Å². The molecule has 5 heterocycles. The first kappa shape index (κ1) is 23.4. The molecule has 10 nitrogen and oxygen atoms in total. The second-order valence-electron chi connectivity index (χ2n) is 10.5. The van der Waals surface area contributed by atoms with Crippen LogP contribution in [0.5, 0.6) is 0 Å². The van der Waals surface area contributed by atoms with E-state index in [4.69, 9.17) is 9.97 Å². The summed E-state index contributed by atoms with van der Waals surface area (Å²) in [5.41, 5.74) is 3.77. The van der Waals surface area contributed by atoms with E-state index >= 15 is 0 Å². The van der Waals surface area contributed by atoms with Crippen molar-refractivity contribution in [3.63, 3.8) is 0 Å². The highest BCUT2D eigenvalue weighted by Gasteiger charge is 2.49. The van der Waals surface area contributed by atoms with E-state index in [2.05, 4.69) is 32.6 Å². The molecule has 3 aliphatic rings. The Hall–Kier alpha value is -3.97. The normalized spacial score (nSPS) is 20.5. The van der Waals surface area contributed by atoms with Gasteiger partial charge in [0.05, 0.1) is 30.1 Å². The third-order valence-corrected chi connectivity index (χ3v) is 8.18. The number of aliphatic hydroxyl groups excluding tert-OH is 1. The summed E-state index contributed by atoms with van der Waals surface area (Å²) in [5, 5.41) is 28.6. The van der Waals surface area contributed by atoms with Crippen LogP contribution in [0.1, 0.15) is 30.4 Å². The first-order valence-electron chi connectivity index (χ1n) is 12.8. The molecule has 190 valence electrons. The van der Waals surface area contributed by atoms with E-state index in [0.29, 0.717) is 36.1 Å². The van der Waals surface area contributed by atoms with E-state index in [-0.39, 0.29) is 24.0 Å². The maximum Gasteiger partial charge on any atom is 0.245 e. The molecule has 1 atom stereocenters. The second kappa shape index (κ2) is 8.85. The largest absolute Gasteiger partial charge is 0.394 e. The number of nitriles is 1. The third kappa shape index (κ3) is 3.73. The maximum absolute atomic E-state index is 12.1. The summed E-state index contributed by atoms with van der Waals surface area (Å²) in [6.45, 7) is 9.25. The number of amides is 1. The lowest BCUT2D eigenvalue weighted by Crippen LogP contribution is -2.59. The molecule has 3 aromatic rings. The van der Waals surface area contributed by atoms with E-state index in [9.17, 15) is 15.2 Å². The molecule has 2 aromatic heterocycles. The number of rotatable bonds is 5. The number of hydrogen-bond donors (Lipinski definition) is 2. The smallest absolute Gasteiger partial charge is 0.245 e. The summed E-state index contributed by atoms with van der Waals surface area (Å²) < 4.78 is 0. The second-order valence-corrected chi connectivity index (χ2v) is 10.5. The lowest BCUT2D eigenvalue weighted by molar-refractivity contribution is -0.136.